The number of hydrazine groups is 1. The fourth-order valence-electron chi connectivity index (χ4n) is 1.45. The Balaban J connectivity index is 2.27. The standard InChI is InChI=1S/C8H13N7O2/c9-7-11-5(6(16)14-10)12-8(13-7)15-1-3-17-4-2-15/h1-4,10H2,(H,14,16)(H2,9,11,12,13). The molecule has 1 saturated heterocycles. The zero-order valence-corrected chi connectivity index (χ0v) is 9.09. The van der Waals surface area contributed by atoms with Crippen LogP contribution in [0.5, 0.6) is 0 Å². The van der Waals surface area contributed by atoms with E-state index >= 15 is 0 Å². The summed E-state index contributed by atoms with van der Waals surface area (Å²) >= 11 is 0. The molecule has 1 amide bonds. The zero-order chi connectivity index (χ0) is 12.3. The molecule has 1 aromatic heterocycles. The Bertz CT molecular complexity index is 418. The number of aromatic nitrogens is 3. The van der Waals surface area contributed by atoms with E-state index in [0.29, 0.717) is 32.3 Å². The molecule has 0 aromatic carbocycles. The van der Waals surface area contributed by atoms with Crippen LogP contribution in [0, 0.1) is 0 Å². The molecule has 0 unspecified atom stereocenters. The Morgan fingerprint density at radius 3 is 2.65 bits per heavy atom. The van der Waals surface area contributed by atoms with Crippen LogP contribution in [0.15, 0.2) is 0 Å². The lowest BCUT2D eigenvalue weighted by Crippen LogP contribution is -2.38. The van der Waals surface area contributed by atoms with Gasteiger partial charge in [-0.1, -0.05) is 0 Å². The normalized spacial score (nSPS) is 15.7. The van der Waals surface area contributed by atoms with Gasteiger partial charge in [-0.2, -0.15) is 15.0 Å². The molecule has 0 aliphatic carbocycles. The van der Waals surface area contributed by atoms with E-state index in [9.17, 15) is 4.79 Å². The molecule has 17 heavy (non-hydrogen) atoms. The number of nitrogens with zero attached hydrogens (tertiary/aromatic N) is 4. The van der Waals surface area contributed by atoms with Crippen LogP contribution in [0.3, 0.4) is 0 Å². The van der Waals surface area contributed by atoms with Crippen molar-refractivity contribution >= 4 is 17.8 Å². The van der Waals surface area contributed by atoms with E-state index in [1.54, 1.807) is 0 Å². The van der Waals surface area contributed by atoms with Crippen LogP contribution in [0.4, 0.5) is 11.9 Å². The number of anilines is 2. The maximum absolute atomic E-state index is 11.3. The highest BCUT2D eigenvalue weighted by Crippen LogP contribution is 2.10. The molecule has 0 radical (unpaired) electrons. The van der Waals surface area contributed by atoms with E-state index in [-0.39, 0.29) is 11.8 Å². The topological polar surface area (TPSA) is 132 Å². The molecule has 1 fully saturated rings. The van der Waals surface area contributed by atoms with E-state index in [2.05, 4.69) is 15.0 Å². The Kier molecular flexibility index (Phi) is 3.30. The fourth-order valence-corrected chi connectivity index (χ4v) is 1.45. The third-order valence-electron chi connectivity index (χ3n) is 2.27. The van der Waals surface area contributed by atoms with Crippen LogP contribution in [-0.2, 0) is 4.74 Å². The number of hydrogen-bond acceptors (Lipinski definition) is 8. The minimum absolute atomic E-state index is 0.0138. The van der Waals surface area contributed by atoms with E-state index in [1.165, 1.54) is 0 Å². The average Bonchev–Trinajstić information content (AvgIpc) is 2.38. The Morgan fingerprint density at radius 1 is 1.29 bits per heavy atom. The van der Waals surface area contributed by atoms with Gasteiger partial charge in [-0.15, -0.1) is 0 Å². The minimum atomic E-state index is -0.603. The number of amides is 1. The highest BCUT2D eigenvalue weighted by molar-refractivity contribution is 5.90. The molecule has 5 N–H and O–H groups in total. The summed E-state index contributed by atoms with van der Waals surface area (Å²) in [6.07, 6.45) is 0. The summed E-state index contributed by atoms with van der Waals surface area (Å²) in [5.41, 5.74) is 7.47. The van der Waals surface area contributed by atoms with Crippen molar-refractivity contribution in [2.45, 2.75) is 0 Å². The number of morpholine rings is 1. The van der Waals surface area contributed by atoms with Gasteiger partial charge in [-0.05, 0) is 0 Å². The molecular weight excluding hydrogens is 226 g/mol. The first-order valence-electron chi connectivity index (χ1n) is 5.06. The lowest BCUT2D eigenvalue weighted by atomic mass is 10.4. The summed E-state index contributed by atoms with van der Waals surface area (Å²) < 4.78 is 5.21. The molecule has 9 nitrogen and oxygen atoms in total. The van der Waals surface area contributed by atoms with E-state index in [1.807, 2.05) is 10.3 Å². The van der Waals surface area contributed by atoms with Crippen LogP contribution in [0.2, 0.25) is 0 Å². The molecule has 2 heterocycles. The first-order chi connectivity index (χ1) is 8.20. The van der Waals surface area contributed by atoms with Crippen molar-refractivity contribution in [1.29, 1.82) is 0 Å². The minimum Gasteiger partial charge on any atom is -0.378 e. The number of carbonyl (C=O) groups excluding carboxylic acids is 1. The Morgan fingerprint density at radius 2 is 2.00 bits per heavy atom. The van der Waals surface area contributed by atoms with E-state index in [4.69, 9.17) is 16.3 Å². The predicted molar refractivity (Wildman–Crippen MR) is 58.9 cm³/mol. The van der Waals surface area contributed by atoms with Crippen molar-refractivity contribution < 1.29 is 9.53 Å². The molecule has 1 aliphatic heterocycles. The van der Waals surface area contributed by atoms with Gasteiger partial charge < -0.3 is 15.4 Å². The Labute approximate surface area is 97.1 Å². The molecule has 92 valence electrons. The number of rotatable bonds is 2. The lowest BCUT2D eigenvalue weighted by Gasteiger charge is -2.26. The van der Waals surface area contributed by atoms with Crippen molar-refractivity contribution in [3.8, 4) is 0 Å². The van der Waals surface area contributed by atoms with E-state index < -0.39 is 5.91 Å². The number of ether oxygens (including phenoxy) is 1. The van der Waals surface area contributed by atoms with Crippen molar-refractivity contribution in [1.82, 2.24) is 20.4 Å². The van der Waals surface area contributed by atoms with Crippen molar-refractivity contribution in [2.75, 3.05) is 36.9 Å². The molecule has 0 spiro atoms. The molecule has 2 rings (SSSR count). The van der Waals surface area contributed by atoms with Crippen LogP contribution in [-0.4, -0.2) is 47.2 Å². The van der Waals surface area contributed by atoms with Gasteiger partial charge in [0.15, 0.2) is 0 Å². The molecular formula is C8H13N7O2. The van der Waals surface area contributed by atoms with Gasteiger partial charge in [-0.3, -0.25) is 10.2 Å². The van der Waals surface area contributed by atoms with Crippen LogP contribution >= 0.6 is 0 Å². The van der Waals surface area contributed by atoms with Crippen LogP contribution in [0.25, 0.3) is 0 Å². The zero-order valence-electron chi connectivity index (χ0n) is 9.09. The smallest absolute Gasteiger partial charge is 0.303 e. The predicted octanol–water partition coefficient (Wildman–Crippen LogP) is -2.11. The van der Waals surface area contributed by atoms with Crippen molar-refractivity contribution in [3.05, 3.63) is 5.82 Å². The third-order valence-corrected chi connectivity index (χ3v) is 2.27. The van der Waals surface area contributed by atoms with Gasteiger partial charge in [0, 0.05) is 13.1 Å². The fraction of sp³-hybridized carbons (Fsp3) is 0.500. The van der Waals surface area contributed by atoms with E-state index in [0.717, 1.165) is 0 Å². The van der Waals surface area contributed by atoms with Crippen molar-refractivity contribution in [3.63, 3.8) is 0 Å². The maximum atomic E-state index is 11.3. The third kappa shape index (κ3) is 2.57. The highest BCUT2D eigenvalue weighted by atomic mass is 16.5. The monoisotopic (exact) mass is 239 g/mol. The van der Waals surface area contributed by atoms with Gasteiger partial charge >= 0.3 is 5.91 Å². The summed E-state index contributed by atoms with van der Waals surface area (Å²) in [5, 5.41) is 0. The second-order valence-electron chi connectivity index (χ2n) is 3.39. The molecule has 0 bridgehead atoms. The first kappa shape index (κ1) is 11.5. The SMILES string of the molecule is NNC(=O)c1nc(N)nc(N2CCOCC2)n1. The number of nitrogens with one attached hydrogen (secondary N) is 1. The summed E-state index contributed by atoms with van der Waals surface area (Å²) in [6.45, 7) is 2.47. The quantitative estimate of drug-likeness (QED) is 0.303. The Hall–Kier alpha value is -2.00. The van der Waals surface area contributed by atoms with Crippen molar-refractivity contribution in [2.24, 2.45) is 5.84 Å². The second-order valence-corrected chi connectivity index (χ2v) is 3.39. The lowest BCUT2D eigenvalue weighted by molar-refractivity contribution is 0.0943. The molecule has 0 saturated carbocycles. The summed E-state index contributed by atoms with van der Waals surface area (Å²) in [4.78, 5) is 24.9. The maximum Gasteiger partial charge on any atom is 0.303 e. The molecule has 0 atom stereocenters. The summed E-state index contributed by atoms with van der Waals surface area (Å²) in [7, 11) is 0. The number of hydrogen-bond donors (Lipinski definition) is 3. The molecule has 1 aromatic rings. The summed E-state index contributed by atoms with van der Waals surface area (Å²) in [5.74, 6) is 4.66. The van der Waals surface area contributed by atoms with Crippen LogP contribution < -0.4 is 21.9 Å². The average molecular weight is 239 g/mol. The number of nitrogens with two attached hydrogens (primary N) is 2. The summed E-state index contributed by atoms with van der Waals surface area (Å²) in [6, 6.07) is 0. The largest absolute Gasteiger partial charge is 0.378 e. The molecule has 1 aliphatic rings. The highest BCUT2D eigenvalue weighted by Gasteiger charge is 2.18. The van der Waals surface area contributed by atoms with Gasteiger partial charge in [0.1, 0.15) is 0 Å². The van der Waals surface area contributed by atoms with Crippen LogP contribution in [0.1, 0.15) is 10.6 Å². The number of nitrogen functional groups attached to an aromatic ring is 2. The first-order valence-corrected chi connectivity index (χ1v) is 5.06. The number of carbonyl (C=O) groups is 1. The second kappa shape index (κ2) is 4.89. The van der Waals surface area contributed by atoms with Gasteiger partial charge in [0.05, 0.1) is 13.2 Å². The van der Waals surface area contributed by atoms with Gasteiger partial charge in [0.25, 0.3) is 0 Å². The van der Waals surface area contributed by atoms with Gasteiger partial charge in [0.2, 0.25) is 17.7 Å². The molecule has 9 heteroatoms. The van der Waals surface area contributed by atoms with Gasteiger partial charge in [-0.25, -0.2) is 5.84 Å².